The minimum atomic E-state index is -4.73. The molecular formula is C16H20F4N4O3. The molecule has 150 valence electrons. The normalized spacial score (nSPS) is 23.3. The number of carbonyl (C=O) groups excluding carboxylic acids is 1. The van der Waals surface area contributed by atoms with Crippen LogP contribution in [-0.2, 0) is 9.53 Å². The maximum atomic E-state index is 14.8. The van der Waals surface area contributed by atoms with Crippen molar-refractivity contribution in [2.45, 2.75) is 38.5 Å². The van der Waals surface area contributed by atoms with Gasteiger partial charge < -0.3 is 14.5 Å². The van der Waals surface area contributed by atoms with Gasteiger partial charge in [0.05, 0.1) is 25.8 Å². The van der Waals surface area contributed by atoms with E-state index >= 15 is 0 Å². The molecule has 0 radical (unpaired) electrons. The first-order valence-electron chi connectivity index (χ1n) is 8.58. The summed E-state index contributed by atoms with van der Waals surface area (Å²) >= 11 is 0. The zero-order valence-corrected chi connectivity index (χ0v) is 14.9. The molecule has 11 heteroatoms. The number of nitrogens with zero attached hydrogens (tertiary/aromatic N) is 4. The van der Waals surface area contributed by atoms with Crippen molar-refractivity contribution in [2.75, 3.05) is 42.6 Å². The predicted octanol–water partition coefficient (Wildman–Crippen LogP) is 1.51. The van der Waals surface area contributed by atoms with Gasteiger partial charge in [-0.1, -0.05) is 0 Å². The number of carbonyl (C=O) groups is 1. The average Bonchev–Trinajstić information content (AvgIpc) is 2.57. The number of alkyl halides is 3. The topological polar surface area (TPSA) is 67.7 Å². The summed E-state index contributed by atoms with van der Waals surface area (Å²) in [5, 5.41) is 0. The fourth-order valence-electron chi connectivity index (χ4n) is 3.46. The number of rotatable bonds is 3. The van der Waals surface area contributed by atoms with E-state index in [1.807, 2.05) is 0 Å². The van der Waals surface area contributed by atoms with Gasteiger partial charge >= 0.3 is 6.18 Å². The van der Waals surface area contributed by atoms with Crippen LogP contribution in [0.2, 0.25) is 0 Å². The highest BCUT2D eigenvalue weighted by Crippen LogP contribution is 2.38. The molecule has 2 unspecified atom stereocenters. The number of hydrogen-bond acceptors (Lipinski definition) is 6. The van der Waals surface area contributed by atoms with Gasteiger partial charge in [0.25, 0.3) is 5.56 Å². The van der Waals surface area contributed by atoms with Gasteiger partial charge in [-0.2, -0.15) is 22.5 Å². The Morgan fingerprint density at radius 2 is 2.04 bits per heavy atom. The van der Waals surface area contributed by atoms with Crippen LogP contribution in [0.3, 0.4) is 0 Å². The van der Waals surface area contributed by atoms with Crippen LogP contribution in [0.1, 0.15) is 26.3 Å². The maximum absolute atomic E-state index is 14.8. The van der Waals surface area contributed by atoms with Gasteiger partial charge in [-0.15, -0.1) is 0 Å². The van der Waals surface area contributed by atoms with Gasteiger partial charge in [-0.25, -0.2) is 0 Å². The molecule has 3 heterocycles. The molecule has 2 aliphatic heterocycles. The van der Waals surface area contributed by atoms with Crippen LogP contribution in [0.5, 0.6) is 0 Å². The summed E-state index contributed by atoms with van der Waals surface area (Å²) in [6.45, 7) is 3.52. The molecule has 0 spiro atoms. The third-order valence-corrected chi connectivity index (χ3v) is 4.72. The summed E-state index contributed by atoms with van der Waals surface area (Å²) in [7, 11) is 0. The summed E-state index contributed by atoms with van der Waals surface area (Å²) in [5.74, 6) is -2.27. The standard InChI is InChI=1S/C16H20F4N4O3/c1-9-8-27-6-5-23(9)13-12(17)14(26)24-11(16(18,19)20)3-4-22(7-10(2)25)15(24)21-13/h9,11H,3-8H2,1-2H3. The summed E-state index contributed by atoms with van der Waals surface area (Å²) in [4.78, 5) is 30.9. The van der Waals surface area contributed by atoms with Crippen LogP contribution in [-0.4, -0.2) is 60.4 Å². The molecule has 0 aliphatic carbocycles. The lowest BCUT2D eigenvalue weighted by Gasteiger charge is -2.38. The van der Waals surface area contributed by atoms with Gasteiger partial charge in [-0.05, 0) is 20.3 Å². The number of fused-ring (bicyclic) bond motifs is 1. The zero-order valence-electron chi connectivity index (χ0n) is 14.9. The first-order chi connectivity index (χ1) is 12.6. The molecule has 1 aromatic rings. The number of ether oxygens (including phenoxy) is 1. The number of morpholine rings is 1. The Hall–Kier alpha value is -2.17. The second-order valence-corrected chi connectivity index (χ2v) is 6.81. The summed E-state index contributed by atoms with van der Waals surface area (Å²) in [6.07, 6.45) is -5.19. The van der Waals surface area contributed by atoms with Crippen LogP contribution in [0.25, 0.3) is 0 Å². The summed E-state index contributed by atoms with van der Waals surface area (Å²) in [6, 6.07) is -2.48. The van der Waals surface area contributed by atoms with Gasteiger partial charge in [-0.3, -0.25) is 14.2 Å². The van der Waals surface area contributed by atoms with E-state index < -0.39 is 30.0 Å². The van der Waals surface area contributed by atoms with Crippen LogP contribution >= 0.6 is 0 Å². The minimum Gasteiger partial charge on any atom is -0.377 e. The van der Waals surface area contributed by atoms with Crippen LogP contribution in [0.15, 0.2) is 4.79 Å². The smallest absolute Gasteiger partial charge is 0.377 e. The number of ketones is 1. The molecule has 27 heavy (non-hydrogen) atoms. The van der Waals surface area contributed by atoms with E-state index in [0.717, 1.165) is 0 Å². The Bertz CT molecular complexity index is 795. The molecule has 3 rings (SSSR count). The van der Waals surface area contributed by atoms with Crippen LogP contribution in [0, 0.1) is 5.82 Å². The Morgan fingerprint density at radius 3 is 2.63 bits per heavy atom. The van der Waals surface area contributed by atoms with Crippen LogP contribution < -0.4 is 15.4 Å². The Morgan fingerprint density at radius 1 is 1.33 bits per heavy atom. The van der Waals surface area contributed by atoms with E-state index in [2.05, 4.69) is 4.98 Å². The van der Waals surface area contributed by atoms with E-state index in [1.165, 1.54) is 16.7 Å². The highest BCUT2D eigenvalue weighted by atomic mass is 19.4. The third kappa shape index (κ3) is 3.64. The molecule has 7 nitrogen and oxygen atoms in total. The lowest BCUT2D eigenvalue weighted by Crippen LogP contribution is -2.50. The first-order valence-corrected chi connectivity index (χ1v) is 8.58. The molecule has 1 fully saturated rings. The molecule has 0 amide bonds. The van der Waals surface area contributed by atoms with E-state index in [4.69, 9.17) is 4.74 Å². The van der Waals surface area contributed by atoms with E-state index in [0.29, 0.717) is 4.57 Å². The molecule has 2 atom stereocenters. The summed E-state index contributed by atoms with van der Waals surface area (Å²) < 4.78 is 60.6. The van der Waals surface area contributed by atoms with Gasteiger partial charge in [0.15, 0.2) is 5.82 Å². The third-order valence-electron chi connectivity index (χ3n) is 4.72. The number of anilines is 2. The molecule has 0 saturated carbocycles. The maximum Gasteiger partial charge on any atom is 0.409 e. The van der Waals surface area contributed by atoms with Crippen molar-refractivity contribution in [2.24, 2.45) is 0 Å². The van der Waals surface area contributed by atoms with Gasteiger partial charge in [0, 0.05) is 13.1 Å². The second kappa shape index (κ2) is 7.10. The first kappa shape index (κ1) is 19.6. The molecule has 0 aromatic carbocycles. The van der Waals surface area contributed by atoms with Crippen molar-refractivity contribution in [1.82, 2.24) is 9.55 Å². The molecule has 1 saturated heterocycles. The SMILES string of the molecule is CC(=O)CN1CCC(C(F)(F)F)n2c1nc(N1CCOCC1C)c(F)c2=O. The van der Waals surface area contributed by atoms with Crippen LogP contribution in [0.4, 0.5) is 29.3 Å². The minimum absolute atomic E-state index is 0.111. The van der Waals surface area contributed by atoms with E-state index in [1.54, 1.807) is 6.92 Å². The highest BCUT2D eigenvalue weighted by molar-refractivity contribution is 5.80. The molecule has 1 aromatic heterocycles. The number of halogens is 4. The van der Waals surface area contributed by atoms with E-state index in [9.17, 15) is 27.2 Å². The van der Waals surface area contributed by atoms with Gasteiger partial charge in [0.2, 0.25) is 11.8 Å². The number of aromatic nitrogens is 2. The Balaban J connectivity index is 2.17. The van der Waals surface area contributed by atoms with Gasteiger partial charge in [0.1, 0.15) is 11.8 Å². The molecule has 2 aliphatic rings. The molecular weight excluding hydrogens is 372 g/mol. The largest absolute Gasteiger partial charge is 0.409 e. The number of Topliss-reactive ketones (excluding diaryl/α,β-unsaturated/α-hetero) is 1. The highest BCUT2D eigenvalue weighted by Gasteiger charge is 2.46. The van der Waals surface area contributed by atoms with Crippen molar-refractivity contribution >= 4 is 17.5 Å². The molecule has 0 bridgehead atoms. The number of hydrogen-bond donors (Lipinski definition) is 0. The lowest BCUT2D eigenvalue weighted by atomic mass is 10.1. The zero-order chi connectivity index (χ0) is 19.9. The van der Waals surface area contributed by atoms with Crippen molar-refractivity contribution in [3.05, 3.63) is 16.2 Å². The molecule has 0 N–H and O–H groups in total. The van der Waals surface area contributed by atoms with Crippen molar-refractivity contribution in [1.29, 1.82) is 0 Å². The summed E-state index contributed by atoms with van der Waals surface area (Å²) in [5.41, 5.74) is -1.38. The predicted molar refractivity (Wildman–Crippen MR) is 88.7 cm³/mol. The van der Waals surface area contributed by atoms with Crippen molar-refractivity contribution in [3.63, 3.8) is 0 Å². The average molecular weight is 392 g/mol. The van der Waals surface area contributed by atoms with E-state index in [-0.39, 0.29) is 56.4 Å². The fourth-order valence-corrected chi connectivity index (χ4v) is 3.46. The van der Waals surface area contributed by atoms with Crippen molar-refractivity contribution < 1.29 is 27.1 Å². The fraction of sp³-hybridized carbons (Fsp3) is 0.688. The Labute approximate surface area is 152 Å². The monoisotopic (exact) mass is 392 g/mol. The Kier molecular flexibility index (Phi) is 5.15. The van der Waals surface area contributed by atoms with Crippen molar-refractivity contribution in [3.8, 4) is 0 Å². The quantitative estimate of drug-likeness (QED) is 0.727. The lowest BCUT2D eigenvalue weighted by molar-refractivity contribution is -0.171. The second-order valence-electron chi connectivity index (χ2n) is 6.81.